The number of likely N-dealkylation sites (tertiary alicyclic amines) is 1. The van der Waals surface area contributed by atoms with Gasteiger partial charge in [0.05, 0.1) is 6.61 Å². The zero-order chi connectivity index (χ0) is 17.7. The van der Waals surface area contributed by atoms with Gasteiger partial charge in [-0.3, -0.25) is 9.69 Å². The van der Waals surface area contributed by atoms with E-state index in [-0.39, 0.29) is 12.0 Å². The van der Waals surface area contributed by atoms with Crippen molar-refractivity contribution in [1.29, 1.82) is 0 Å². The van der Waals surface area contributed by atoms with Gasteiger partial charge in [-0.05, 0) is 51.4 Å². The molecule has 2 amide bonds. The van der Waals surface area contributed by atoms with Crippen LogP contribution in [0.3, 0.4) is 0 Å². The van der Waals surface area contributed by atoms with Gasteiger partial charge in [-0.15, -0.1) is 0 Å². The highest BCUT2D eigenvalue weighted by atomic mass is 16.6. The van der Waals surface area contributed by atoms with Crippen LogP contribution in [0.5, 0.6) is 0 Å². The van der Waals surface area contributed by atoms with Crippen LogP contribution in [0.2, 0.25) is 0 Å². The van der Waals surface area contributed by atoms with Crippen molar-refractivity contribution in [3.8, 4) is 0 Å². The molecule has 0 aromatic carbocycles. The van der Waals surface area contributed by atoms with Crippen LogP contribution in [-0.4, -0.2) is 78.1 Å². The molecule has 1 saturated carbocycles. The molecule has 25 heavy (non-hydrogen) atoms. The van der Waals surface area contributed by atoms with E-state index in [0.29, 0.717) is 42.5 Å². The lowest BCUT2D eigenvalue weighted by Crippen LogP contribution is -2.52. The Hall–Kier alpha value is -1.30. The molecule has 0 aromatic heterocycles. The zero-order valence-electron chi connectivity index (χ0n) is 15.7. The maximum Gasteiger partial charge on any atom is 0.410 e. The number of carbonyl (C=O) groups excluding carboxylic acids is 2. The molecule has 5 atom stereocenters. The summed E-state index contributed by atoms with van der Waals surface area (Å²) in [5.41, 5.74) is 0. The van der Waals surface area contributed by atoms with E-state index in [9.17, 15) is 9.59 Å². The maximum atomic E-state index is 12.4. The number of amides is 2. The second kappa shape index (κ2) is 6.45. The number of nitrogens with zero attached hydrogens (tertiary/aromatic N) is 3. The van der Waals surface area contributed by atoms with Crippen molar-refractivity contribution < 1.29 is 14.3 Å². The number of piperidine rings is 2. The smallest absolute Gasteiger partial charge is 0.410 e. The minimum absolute atomic E-state index is 0.119. The fourth-order valence-electron chi connectivity index (χ4n) is 5.58. The topological polar surface area (TPSA) is 53.1 Å². The van der Waals surface area contributed by atoms with Crippen molar-refractivity contribution in [2.75, 3.05) is 33.3 Å². The van der Waals surface area contributed by atoms with Gasteiger partial charge in [0.2, 0.25) is 5.91 Å². The molecule has 4 aliphatic rings. The molecule has 3 aliphatic heterocycles. The summed E-state index contributed by atoms with van der Waals surface area (Å²) in [4.78, 5) is 31.1. The molecular formula is C19H31N3O3. The summed E-state index contributed by atoms with van der Waals surface area (Å²) in [7, 11) is 1.91. The minimum atomic E-state index is -0.119. The van der Waals surface area contributed by atoms with Crippen molar-refractivity contribution in [2.24, 2.45) is 17.8 Å². The lowest BCUT2D eigenvalue weighted by Gasteiger charge is -2.42. The van der Waals surface area contributed by atoms with E-state index in [1.165, 1.54) is 0 Å². The number of ether oxygens (including phenoxy) is 1. The average molecular weight is 349 g/mol. The van der Waals surface area contributed by atoms with E-state index in [1.54, 1.807) is 0 Å². The first-order valence-corrected chi connectivity index (χ1v) is 9.99. The van der Waals surface area contributed by atoms with Gasteiger partial charge in [0, 0.05) is 50.7 Å². The molecule has 1 aliphatic carbocycles. The number of hydrogen-bond acceptors (Lipinski definition) is 4. The predicted molar refractivity (Wildman–Crippen MR) is 94.0 cm³/mol. The number of carbonyl (C=O) groups is 2. The fourth-order valence-corrected chi connectivity index (χ4v) is 5.58. The molecule has 4 rings (SSSR count). The Balaban J connectivity index is 1.32. The van der Waals surface area contributed by atoms with Gasteiger partial charge in [-0.25, -0.2) is 4.79 Å². The summed E-state index contributed by atoms with van der Waals surface area (Å²) in [6.45, 7) is 7.31. The monoisotopic (exact) mass is 349 g/mol. The summed E-state index contributed by atoms with van der Waals surface area (Å²) in [6.07, 6.45) is 4.25. The third-order valence-electron chi connectivity index (χ3n) is 7.06. The summed E-state index contributed by atoms with van der Waals surface area (Å²) < 4.78 is 5.25. The van der Waals surface area contributed by atoms with Crippen LogP contribution in [-0.2, 0) is 9.53 Å². The van der Waals surface area contributed by atoms with Crippen LogP contribution in [0.25, 0.3) is 0 Å². The number of fused-ring (bicyclic) bond motifs is 3. The zero-order valence-corrected chi connectivity index (χ0v) is 15.7. The Morgan fingerprint density at radius 3 is 2.16 bits per heavy atom. The van der Waals surface area contributed by atoms with Crippen molar-refractivity contribution in [3.63, 3.8) is 0 Å². The second-order valence-electron chi connectivity index (χ2n) is 8.28. The predicted octanol–water partition coefficient (Wildman–Crippen LogP) is 1.79. The standard InChI is InChI=1S/C19H31N3O3/c1-4-20(3)18(23)17-15-10-21(11-16(15)17)14-8-12-6-7-13(9-14)22(12)19(24)25-5-2/h12-17H,4-11H2,1-3H3/t12?,13?,14?,15-,16+,17+. The summed E-state index contributed by atoms with van der Waals surface area (Å²) in [6, 6.07) is 1.28. The van der Waals surface area contributed by atoms with Crippen LogP contribution in [0.15, 0.2) is 0 Å². The molecule has 0 spiro atoms. The minimum Gasteiger partial charge on any atom is -0.450 e. The van der Waals surface area contributed by atoms with Crippen LogP contribution >= 0.6 is 0 Å². The first kappa shape index (κ1) is 17.1. The SMILES string of the molecule is CCOC(=O)N1C2CCC1CC(N1C[C@@H]3[C@H](C1)[C@H]3C(=O)N(C)CC)C2. The largest absolute Gasteiger partial charge is 0.450 e. The average Bonchev–Trinajstić information content (AvgIpc) is 2.96. The molecule has 0 aromatic rings. The van der Waals surface area contributed by atoms with Gasteiger partial charge in [-0.1, -0.05) is 0 Å². The molecule has 3 saturated heterocycles. The molecule has 6 heteroatoms. The van der Waals surface area contributed by atoms with Gasteiger partial charge in [0.25, 0.3) is 0 Å². The number of rotatable bonds is 4. The molecular weight excluding hydrogens is 318 g/mol. The fraction of sp³-hybridized carbons (Fsp3) is 0.895. The van der Waals surface area contributed by atoms with E-state index in [4.69, 9.17) is 4.74 Å². The molecule has 6 nitrogen and oxygen atoms in total. The van der Waals surface area contributed by atoms with Crippen molar-refractivity contribution in [2.45, 2.75) is 57.7 Å². The van der Waals surface area contributed by atoms with E-state index in [2.05, 4.69) is 4.90 Å². The Kier molecular flexibility index (Phi) is 4.42. The molecule has 2 bridgehead atoms. The molecule has 4 fully saturated rings. The molecule has 2 unspecified atom stereocenters. The van der Waals surface area contributed by atoms with E-state index >= 15 is 0 Å². The number of hydrogen-bond donors (Lipinski definition) is 0. The van der Waals surface area contributed by atoms with Gasteiger partial charge in [0.15, 0.2) is 0 Å². The summed E-state index contributed by atoms with van der Waals surface area (Å²) in [5.74, 6) is 1.76. The van der Waals surface area contributed by atoms with Crippen LogP contribution in [0.1, 0.15) is 39.5 Å². The van der Waals surface area contributed by atoms with Gasteiger partial charge < -0.3 is 14.5 Å². The Labute approximate surface area is 150 Å². The van der Waals surface area contributed by atoms with Crippen LogP contribution in [0.4, 0.5) is 4.79 Å². The highest BCUT2D eigenvalue weighted by molar-refractivity contribution is 5.82. The third-order valence-corrected chi connectivity index (χ3v) is 7.06. The van der Waals surface area contributed by atoms with Crippen molar-refractivity contribution in [3.05, 3.63) is 0 Å². The third kappa shape index (κ3) is 2.82. The Morgan fingerprint density at radius 1 is 1.04 bits per heavy atom. The molecule has 3 heterocycles. The maximum absolute atomic E-state index is 12.4. The Morgan fingerprint density at radius 2 is 1.64 bits per heavy atom. The van der Waals surface area contributed by atoms with Crippen molar-refractivity contribution >= 4 is 12.0 Å². The van der Waals surface area contributed by atoms with Crippen LogP contribution < -0.4 is 0 Å². The molecule has 140 valence electrons. The van der Waals surface area contributed by atoms with Gasteiger partial charge in [0.1, 0.15) is 0 Å². The lowest BCUT2D eigenvalue weighted by atomic mass is 9.96. The van der Waals surface area contributed by atoms with Gasteiger partial charge >= 0.3 is 6.09 Å². The highest BCUT2D eigenvalue weighted by Gasteiger charge is 2.61. The van der Waals surface area contributed by atoms with E-state index in [0.717, 1.165) is 45.3 Å². The first-order chi connectivity index (χ1) is 12.0. The van der Waals surface area contributed by atoms with E-state index in [1.807, 2.05) is 30.7 Å². The van der Waals surface area contributed by atoms with Crippen molar-refractivity contribution in [1.82, 2.24) is 14.7 Å². The quantitative estimate of drug-likeness (QED) is 0.777. The molecule has 0 N–H and O–H groups in total. The van der Waals surface area contributed by atoms with Crippen LogP contribution in [0, 0.1) is 17.8 Å². The Bertz CT molecular complexity index is 528. The molecule has 0 radical (unpaired) electrons. The highest BCUT2D eigenvalue weighted by Crippen LogP contribution is 2.54. The lowest BCUT2D eigenvalue weighted by molar-refractivity contribution is -0.132. The first-order valence-electron chi connectivity index (χ1n) is 9.99. The second-order valence-corrected chi connectivity index (χ2v) is 8.28. The van der Waals surface area contributed by atoms with Gasteiger partial charge in [-0.2, -0.15) is 0 Å². The summed E-state index contributed by atoms with van der Waals surface area (Å²) in [5, 5.41) is 0. The normalized spacial score (nSPS) is 39.2. The van der Waals surface area contributed by atoms with E-state index < -0.39 is 0 Å². The summed E-state index contributed by atoms with van der Waals surface area (Å²) >= 11 is 0.